The highest BCUT2D eigenvalue weighted by Crippen LogP contribution is 2.39. The number of hydrogen-bond acceptors (Lipinski definition) is 6. The molecule has 4 rings (SSSR count). The molecule has 0 bridgehead atoms. The number of thioether (sulfide) groups is 1. The molecule has 0 saturated carbocycles. The highest BCUT2D eigenvalue weighted by Gasteiger charge is 2.35. The number of imidazole rings is 1. The van der Waals surface area contributed by atoms with Crippen LogP contribution in [0.15, 0.2) is 54.9 Å². The number of aromatic nitrogens is 2. The average Bonchev–Trinajstić information content (AvgIpc) is 3.42. The SMILES string of the molecule is C[C@@H](Oc1cc(-n2cnc3ccc(CSCCO)cc32)sc1C(N)=O)c1ccccc1C(F)(F)F. The summed E-state index contributed by atoms with van der Waals surface area (Å²) in [4.78, 5) is 16.6. The second-order valence-electron chi connectivity index (χ2n) is 7.70. The molecule has 4 aromatic rings. The summed E-state index contributed by atoms with van der Waals surface area (Å²) in [5.74, 6) is 0.709. The first-order chi connectivity index (χ1) is 16.7. The van der Waals surface area contributed by atoms with E-state index in [1.807, 2.05) is 18.2 Å². The number of amides is 1. The Morgan fingerprint density at radius 1 is 1.26 bits per heavy atom. The number of ether oxygens (including phenoxy) is 1. The van der Waals surface area contributed by atoms with Crippen molar-refractivity contribution in [3.63, 3.8) is 0 Å². The summed E-state index contributed by atoms with van der Waals surface area (Å²) in [5, 5.41) is 9.59. The maximum absolute atomic E-state index is 13.5. The van der Waals surface area contributed by atoms with Crippen molar-refractivity contribution < 1.29 is 27.8 Å². The zero-order chi connectivity index (χ0) is 25.2. The molecule has 35 heavy (non-hydrogen) atoms. The van der Waals surface area contributed by atoms with Gasteiger partial charge >= 0.3 is 6.18 Å². The van der Waals surface area contributed by atoms with Crippen LogP contribution < -0.4 is 10.5 Å². The van der Waals surface area contributed by atoms with Gasteiger partial charge in [-0.1, -0.05) is 24.3 Å². The Labute approximate surface area is 207 Å². The molecule has 184 valence electrons. The van der Waals surface area contributed by atoms with Crippen molar-refractivity contribution in [2.45, 2.75) is 25.0 Å². The first kappa shape index (κ1) is 25.1. The molecule has 3 N–H and O–H groups in total. The van der Waals surface area contributed by atoms with Crippen molar-refractivity contribution in [3.05, 3.63) is 76.4 Å². The topological polar surface area (TPSA) is 90.4 Å². The molecule has 1 atom stereocenters. The number of carbonyl (C=O) groups is 1. The van der Waals surface area contributed by atoms with Gasteiger partial charge in [-0.05, 0) is 30.7 Å². The molecule has 0 radical (unpaired) electrons. The molecular weight excluding hydrogens is 499 g/mol. The number of thiophene rings is 1. The molecule has 0 aliphatic carbocycles. The number of rotatable bonds is 9. The standard InChI is InChI=1S/C24H22F3N3O3S2/c1-14(16-4-2-3-5-17(16)24(25,26)27)33-20-11-21(35-22(20)23(28)32)30-13-29-18-7-6-15(10-19(18)30)12-34-9-8-31/h2-7,10-11,13-14,31H,8-9,12H2,1H3,(H2,28,32)/t14-/m1/s1. The van der Waals surface area contributed by atoms with Gasteiger partial charge in [0.2, 0.25) is 0 Å². The third-order valence-electron chi connectivity index (χ3n) is 5.27. The van der Waals surface area contributed by atoms with Crippen molar-refractivity contribution in [3.8, 4) is 10.8 Å². The molecular formula is C24H22F3N3O3S2. The first-order valence-corrected chi connectivity index (χ1v) is 12.6. The van der Waals surface area contributed by atoms with E-state index in [1.54, 1.807) is 28.7 Å². The summed E-state index contributed by atoms with van der Waals surface area (Å²) in [6.45, 7) is 1.60. The van der Waals surface area contributed by atoms with Gasteiger partial charge in [0, 0.05) is 23.1 Å². The largest absolute Gasteiger partial charge is 0.484 e. The Bertz CT molecular complexity index is 1350. The number of primary amides is 1. The summed E-state index contributed by atoms with van der Waals surface area (Å²) in [7, 11) is 0. The second kappa shape index (κ2) is 10.3. The van der Waals surface area contributed by atoms with Crippen LogP contribution in [0.2, 0.25) is 0 Å². The van der Waals surface area contributed by atoms with Gasteiger partial charge in [-0.3, -0.25) is 9.36 Å². The highest BCUT2D eigenvalue weighted by molar-refractivity contribution is 7.98. The molecule has 0 spiro atoms. The number of hydrogen-bond donors (Lipinski definition) is 2. The molecule has 6 nitrogen and oxygen atoms in total. The molecule has 0 unspecified atom stereocenters. The molecule has 11 heteroatoms. The first-order valence-electron chi connectivity index (χ1n) is 10.6. The molecule has 2 aromatic carbocycles. The maximum atomic E-state index is 13.5. The summed E-state index contributed by atoms with van der Waals surface area (Å²) in [6, 6.07) is 12.6. The zero-order valence-corrected chi connectivity index (χ0v) is 20.2. The van der Waals surface area contributed by atoms with E-state index in [4.69, 9.17) is 15.6 Å². The van der Waals surface area contributed by atoms with Gasteiger partial charge in [-0.15, -0.1) is 11.3 Å². The van der Waals surface area contributed by atoms with Gasteiger partial charge < -0.3 is 15.6 Å². The predicted molar refractivity (Wildman–Crippen MR) is 131 cm³/mol. The fraction of sp³-hybridized carbons (Fsp3) is 0.250. The minimum atomic E-state index is -4.54. The van der Waals surface area contributed by atoms with Gasteiger partial charge in [-0.25, -0.2) is 4.98 Å². The van der Waals surface area contributed by atoms with Crippen LogP contribution in [0, 0.1) is 0 Å². The van der Waals surface area contributed by atoms with Crippen LogP contribution in [0.4, 0.5) is 13.2 Å². The molecule has 0 fully saturated rings. The van der Waals surface area contributed by atoms with E-state index in [2.05, 4.69) is 4.98 Å². The maximum Gasteiger partial charge on any atom is 0.416 e. The van der Waals surface area contributed by atoms with Crippen LogP contribution in [0.3, 0.4) is 0 Å². The number of benzene rings is 2. The lowest BCUT2D eigenvalue weighted by atomic mass is 10.0. The third kappa shape index (κ3) is 5.47. The van der Waals surface area contributed by atoms with Gasteiger partial charge in [0.25, 0.3) is 5.91 Å². The minimum Gasteiger partial charge on any atom is -0.484 e. The van der Waals surface area contributed by atoms with E-state index in [9.17, 15) is 18.0 Å². The molecule has 1 amide bonds. The van der Waals surface area contributed by atoms with Crippen LogP contribution in [0.1, 0.15) is 39.4 Å². The fourth-order valence-corrected chi connectivity index (χ4v) is 5.29. The summed E-state index contributed by atoms with van der Waals surface area (Å²) >= 11 is 2.68. The average molecular weight is 522 g/mol. The van der Waals surface area contributed by atoms with E-state index in [-0.39, 0.29) is 22.8 Å². The normalized spacial score (nSPS) is 12.7. The van der Waals surface area contributed by atoms with Gasteiger partial charge in [-0.2, -0.15) is 24.9 Å². The number of nitrogens with zero attached hydrogens (tertiary/aromatic N) is 2. The van der Waals surface area contributed by atoms with E-state index in [0.29, 0.717) is 16.5 Å². The number of aliphatic hydroxyl groups excluding tert-OH is 1. The Hall–Kier alpha value is -3.02. The molecule has 2 heterocycles. The van der Waals surface area contributed by atoms with Crippen LogP contribution in [-0.2, 0) is 11.9 Å². The fourth-order valence-electron chi connectivity index (χ4n) is 3.68. The number of carbonyl (C=O) groups excluding carboxylic acids is 1. The molecule has 0 saturated heterocycles. The predicted octanol–water partition coefficient (Wildman–Crippen LogP) is 5.57. The van der Waals surface area contributed by atoms with Crippen LogP contribution in [-0.4, -0.2) is 32.9 Å². The summed E-state index contributed by atoms with van der Waals surface area (Å²) < 4.78 is 48.1. The second-order valence-corrected chi connectivity index (χ2v) is 9.84. The van der Waals surface area contributed by atoms with Crippen LogP contribution >= 0.6 is 23.1 Å². The lowest BCUT2D eigenvalue weighted by Crippen LogP contribution is -2.15. The van der Waals surface area contributed by atoms with E-state index < -0.39 is 23.8 Å². The smallest absolute Gasteiger partial charge is 0.416 e. The Balaban J connectivity index is 1.68. The number of aliphatic hydroxyl groups is 1. The van der Waals surface area contributed by atoms with Crippen molar-refractivity contribution >= 4 is 40.0 Å². The molecule has 0 aliphatic heterocycles. The highest BCUT2D eigenvalue weighted by atomic mass is 32.2. The van der Waals surface area contributed by atoms with E-state index in [0.717, 1.165) is 34.0 Å². The summed E-state index contributed by atoms with van der Waals surface area (Å²) in [5.41, 5.74) is 7.31. The van der Waals surface area contributed by atoms with Gasteiger partial charge in [0.05, 0.1) is 23.2 Å². The Morgan fingerprint density at radius 3 is 2.74 bits per heavy atom. The van der Waals surface area contributed by atoms with E-state index >= 15 is 0 Å². The van der Waals surface area contributed by atoms with Gasteiger partial charge in [0.15, 0.2) is 0 Å². The molecule has 0 aliphatic rings. The lowest BCUT2D eigenvalue weighted by Gasteiger charge is -2.19. The van der Waals surface area contributed by atoms with Crippen molar-refractivity contribution in [1.82, 2.24) is 9.55 Å². The number of halogens is 3. The minimum absolute atomic E-state index is 0.0405. The third-order valence-corrected chi connectivity index (χ3v) is 7.41. The van der Waals surface area contributed by atoms with Crippen molar-refractivity contribution in [2.24, 2.45) is 5.73 Å². The van der Waals surface area contributed by atoms with Gasteiger partial charge in [0.1, 0.15) is 28.1 Å². The Kier molecular flexibility index (Phi) is 7.39. The van der Waals surface area contributed by atoms with Crippen LogP contribution in [0.5, 0.6) is 5.75 Å². The monoisotopic (exact) mass is 521 g/mol. The number of alkyl halides is 3. The van der Waals surface area contributed by atoms with Crippen LogP contribution in [0.25, 0.3) is 16.0 Å². The number of fused-ring (bicyclic) bond motifs is 1. The number of nitrogens with two attached hydrogens (primary N) is 1. The molecule has 2 aromatic heterocycles. The van der Waals surface area contributed by atoms with E-state index in [1.165, 1.54) is 25.1 Å². The van der Waals surface area contributed by atoms with Crippen molar-refractivity contribution in [2.75, 3.05) is 12.4 Å². The zero-order valence-electron chi connectivity index (χ0n) is 18.6. The summed E-state index contributed by atoms with van der Waals surface area (Å²) in [6.07, 6.45) is -3.91. The Morgan fingerprint density at radius 2 is 2.03 bits per heavy atom. The van der Waals surface area contributed by atoms with Crippen molar-refractivity contribution in [1.29, 1.82) is 0 Å². The quantitative estimate of drug-likeness (QED) is 0.281. The lowest BCUT2D eigenvalue weighted by molar-refractivity contribution is -0.138.